The van der Waals surface area contributed by atoms with Crippen LogP contribution in [0.5, 0.6) is 0 Å². The maximum absolute atomic E-state index is 12.4. The van der Waals surface area contributed by atoms with Crippen molar-refractivity contribution in [2.45, 2.75) is 13.0 Å². The van der Waals surface area contributed by atoms with E-state index in [1.807, 2.05) is 0 Å². The van der Waals surface area contributed by atoms with Crippen molar-refractivity contribution in [2.75, 3.05) is 27.3 Å². The molecule has 0 saturated carbocycles. The highest BCUT2D eigenvalue weighted by atomic mass is 16.5. The summed E-state index contributed by atoms with van der Waals surface area (Å²) < 4.78 is 12.1. The molecule has 2 aliphatic rings. The SMILES string of the molecule is C=CC[N+]1=C2C=C(OC)C(OC)C=C2C(=O)N(CC)C1=O. The standard InChI is InChI=1S/C15H19N2O4/c1-5-7-17-11-9-13(21-4)12(20-3)8-10(11)14(18)16(6-2)15(17)19/h5,8-9,12H,1,6-7H2,2-4H3/q+1. The molecule has 112 valence electrons. The molecule has 0 fully saturated rings. The first-order valence-corrected chi connectivity index (χ1v) is 6.70. The molecule has 3 amide bonds. The third-order valence-corrected chi connectivity index (χ3v) is 3.50. The first kappa shape index (κ1) is 15.2. The van der Waals surface area contributed by atoms with E-state index in [1.54, 1.807) is 25.2 Å². The van der Waals surface area contributed by atoms with Crippen LogP contribution in [0.3, 0.4) is 0 Å². The zero-order valence-corrected chi connectivity index (χ0v) is 12.5. The largest absolute Gasteiger partial charge is 0.501 e. The fraction of sp³-hybridized carbons (Fsp3) is 0.400. The molecule has 1 atom stereocenters. The van der Waals surface area contributed by atoms with Gasteiger partial charge >= 0.3 is 11.9 Å². The van der Waals surface area contributed by atoms with Gasteiger partial charge in [0.15, 0.2) is 0 Å². The van der Waals surface area contributed by atoms with Gasteiger partial charge < -0.3 is 9.47 Å². The van der Waals surface area contributed by atoms with Crippen molar-refractivity contribution in [3.63, 3.8) is 0 Å². The second-order valence-corrected chi connectivity index (χ2v) is 4.60. The zero-order chi connectivity index (χ0) is 15.6. The van der Waals surface area contributed by atoms with Gasteiger partial charge in [0.1, 0.15) is 29.7 Å². The number of hydrogen-bond acceptors (Lipinski definition) is 4. The summed E-state index contributed by atoms with van der Waals surface area (Å²) in [7, 11) is 3.07. The van der Waals surface area contributed by atoms with Crippen molar-refractivity contribution in [2.24, 2.45) is 0 Å². The van der Waals surface area contributed by atoms with E-state index in [9.17, 15) is 9.59 Å². The number of ether oxygens (including phenoxy) is 2. The summed E-state index contributed by atoms with van der Waals surface area (Å²) in [5.41, 5.74) is 0.978. The monoisotopic (exact) mass is 291 g/mol. The minimum Gasteiger partial charge on any atom is -0.498 e. The number of amides is 3. The van der Waals surface area contributed by atoms with Gasteiger partial charge in [0.05, 0.1) is 13.7 Å². The molecule has 0 N–H and O–H groups in total. The quantitative estimate of drug-likeness (QED) is 0.562. The van der Waals surface area contributed by atoms with Crippen LogP contribution < -0.4 is 0 Å². The number of hydrogen-bond donors (Lipinski definition) is 0. The highest BCUT2D eigenvalue weighted by Gasteiger charge is 2.45. The molecular weight excluding hydrogens is 272 g/mol. The normalized spacial score (nSPS) is 21.9. The van der Waals surface area contributed by atoms with E-state index in [2.05, 4.69) is 6.58 Å². The van der Waals surface area contributed by atoms with Crippen LogP contribution in [0.15, 0.2) is 36.1 Å². The average molecular weight is 291 g/mol. The number of likely N-dealkylation sites (N-methyl/N-ethyl adjacent to an activating group) is 1. The fourth-order valence-electron chi connectivity index (χ4n) is 2.44. The molecule has 1 heterocycles. The molecule has 0 aromatic rings. The molecule has 6 nitrogen and oxygen atoms in total. The maximum atomic E-state index is 12.4. The lowest BCUT2D eigenvalue weighted by atomic mass is 9.97. The number of imide groups is 1. The lowest BCUT2D eigenvalue weighted by Gasteiger charge is -2.26. The van der Waals surface area contributed by atoms with Gasteiger partial charge in [-0.25, -0.2) is 4.79 Å². The fourth-order valence-corrected chi connectivity index (χ4v) is 2.44. The van der Waals surface area contributed by atoms with E-state index in [0.29, 0.717) is 30.1 Å². The van der Waals surface area contributed by atoms with Crippen LogP contribution in [0, 0.1) is 0 Å². The molecular formula is C15H19N2O4+. The van der Waals surface area contributed by atoms with E-state index < -0.39 is 6.10 Å². The summed E-state index contributed by atoms with van der Waals surface area (Å²) in [6.45, 7) is 6.06. The molecule has 1 aliphatic carbocycles. The van der Waals surface area contributed by atoms with Gasteiger partial charge in [0.25, 0.3) is 0 Å². The molecule has 1 aliphatic heterocycles. The van der Waals surface area contributed by atoms with Crippen LogP contribution in [0.2, 0.25) is 0 Å². The molecule has 0 saturated heterocycles. The highest BCUT2D eigenvalue weighted by Crippen LogP contribution is 2.24. The van der Waals surface area contributed by atoms with Gasteiger partial charge in [-0.2, -0.15) is 14.3 Å². The van der Waals surface area contributed by atoms with Crippen molar-refractivity contribution >= 4 is 17.6 Å². The topological polar surface area (TPSA) is 58.9 Å². The molecule has 0 bridgehead atoms. The molecule has 2 rings (SSSR count). The van der Waals surface area contributed by atoms with Gasteiger partial charge in [-0.3, -0.25) is 0 Å². The Morgan fingerprint density at radius 1 is 1.43 bits per heavy atom. The second-order valence-electron chi connectivity index (χ2n) is 4.60. The summed E-state index contributed by atoms with van der Waals surface area (Å²) in [6, 6.07) is -0.350. The molecule has 0 spiro atoms. The van der Waals surface area contributed by atoms with Gasteiger partial charge in [-0.15, -0.1) is 0 Å². The number of methoxy groups -OCH3 is 2. The van der Waals surface area contributed by atoms with Crippen molar-refractivity contribution in [3.05, 3.63) is 36.1 Å². The Bertz CT molecular complexity index is 586. The lowest BCUT2D eigenvalue weighted by Crippen LogP contribution is -2.52. The average Bonchev–Trinajstić information content (AvgIpc) is 2.50. The van der Waals surface area contributed by atoms with Gasteiger partial charge in [-0.05, 0) is 13.0 Å². The summed E-state index contributed by atoms with van der Waals surface area (Å²) in [5.74, 6) is 0.238. The number of carbonyl (C=O) groups is 2. The Morgan fingerprint density at radius 2 is 2.14 bits per heavy atom. The molecule has 0 aromatic carbocycles. The maximum Gasteiger partial charge on any atom is 0.501 e. The minimum atomic E-state index is -0.435. The van der Waals surface area contributed by atoms with E-state index in [-0.39, 0.29) is 11.9 Å². The second kappa shape index (κ2) is 6.05. The van der Waals surface area contributed by atoms with Crippen LogP contribution in [-0.4, -0.2) is 60.5 Å². The zero-order valence-electron chi connectivity index (χ0n) is 12.5. The van der Waals surface area contributed by atoms with E-state index in [4.69, 9.17) is 9.47 Å². The number of nitrogens with zero attached hydrogens (tertiary/aromatic N) is 2. The van der Waals surface area contributed by atoms with Gasteiger partial charge in [0, 0.05) is 13.2 Å². The summed E-state index contributed by atoms with van der Waals surface area (Å²) in [5, 5.41) is 0. The Morgan fingerprint density at radius 3 is 2.67 bits per heavy atom. The smallest absolute Gasteiger partial charge is 0.498 e. The minimum absolute atomic E-state index is 0.314. The predicted molar refractivity (Wildman–Crippen MR) is 77.1 cm³/mol. The number of fused-ring (bicyclic) bond motifs is 1. The molecule has 1 unspecified atom stereocenters. The van der Waals surface area contributed by atoms with E-state index in [1.165, 1.54) is 23.7 Å². The molecule has 21 heavy (non-hydrogen) atoms. The molecule has 6 heteroatoms. The third kappa shape index (κ3) is 2.42. The van der Waals surface area contributed by atoms with E-state index in [0.717, 1.165) is 0 Å². The number of allylic oxidation sites excluding steroid dienone is 1. The van der Waals surface area contributed by atoms with Crippen LogP contribution in [-0.2, 0) is 14.3 Å². The molecule has 0 aromatic heterocycles. The Labute approximate surface area is 123 Å². The summed E-state index contributed by atoms with van der Waals surface area (Å²) in [6.07, 6.45) is 4.54. The Balaban J connectivity index is 2.63. The van der Waals surface area contributed by atoms with Crippen molar-refractivity contribution in [1.82, 2.24) is 4.90 Å². The Kier molecular flexibility index (Phi) is 4.37. The third-order valence-electron chi connectivity index (χ3n) is 3.50. The number of rotatable bonds is 5. The summed E-state index contributed by atoms with van der Waals surface area (Å²) in [4.78, 5) is 26.0. The van der Waals surface area contributed by atoms with Crippen molar-refractivity contribution in [3.8, 4) is 0 Å². The summed E-state index contributed by atoms with van der Waals surface area (Å²) >= 11 is 0. The highest BCUT2D eigenvalue weighted by molar-refractivity contribution is 6.29. The van der Waals surface area contributed by atoms with Crippen molar-refractivity contribution in [1.29, 1.82) is 0 Å². The predicted octanol–water partition coefficient (Wildman–Crippen LogP) is 1.09. The first-order valence-electron chi connectivity index (χ1n) is 6.70. The number of carbonyl (C=O) groups excluding carboxylic acids is 2. The number of urea groups is 1. The lowest BCUT2D eigenvalue weighted by molar-refractivity contribution is -0.424. The Hall–Kier alpha value is -2.21. The van der Waals surface area contributed by atoms with Gasteiger partial charge in [-0.1, -0.05) is 12.7 Å². The van der Waals surface area contributed by atoms with E-state index >= 15 is 0 Å². The first-order chi connectivity index (χ1) is 10.1. The van der Waals surface area contributed by atoms with Crippen LogP contribution in [0.25, 0.3) is 0 Å². The van der Waals surface area contributed by atoms with Crippen molar-refractivity contribution < 1.29 is 23.6 Å². The van der Waals surface area contributed by atoms with Gasteiger partial charge in [0.2, 0.25) is 0 Å². The van der Waals surface area contributed by atoms with Crippen LogP contribution >= 0.6 is 0 Å². The molecule has 0 radical (unpaired) electrons. The van der Waals surface area contributed by atoms with Crippen LogP contribution in [0.4, 0.5) is 4.79 Å². The van der Waals surface area contributed by atoms with Crippen LogP contribution in [0.1, 0.15) is 6.92 Å².